The Hall–Kier alpha value is -3.32. The largest absolute Gasteiger partial charge is 0.573 e. The van der Waals surface area contributed by atoms with Crippen molar-refractivity contribution in [2.24, 2.45) is 0 Å². The topological polar surface area (TPSA) is 38.8 Å². The van der Waals surface area contributed by atoms with Gasteiger partial charge in [-0.2, -0.15) is 0 Å². The highest BCUT2D eigenvalue weighted by atomic mass is 19.4. The number of halogens is 3. The smallest absolute Gasteiger partial charge is 0.406 e. The molecule has 0 spiro atoms. The molecule has 0 unspecified atom stereocenters. The second-order valence-electron chi connectivity index (χ2n) is 7.94. The monoisotopic (exact) mass is 439 g/mol. The molecule has 2 heterocycles. The Labute approximate surface area is 183 Å². The number of fused-ring (bicyclic) bond motifs is 1. The van der Waals surface area contributed by atoms with Crippen LogP contribution in [0.4, 0.5) is 13.2 Å². The lowest BCUT2D eigenvalue weighted by Gasteiger charge is -2.33. The highest BCUT2D eigenvalue weighted by molar-refractivity contribution is 5.81. The van der Waals surface area contributed by atoms with E-state index in [0.717, 1.165) is 22.3 Å². The second-order valence-corrected chi connectivity index (χ2v) is 7.94. The summed E-state index contributed by atoms with van der Waals surface area (Å²) in [5, 5.41) is 0. The Bertz CT molecular complexity index is 1110. The standard InChI is InChI=1S/C25H20F3NO3/c26-25(27,28)32-21-12-8-18(9-13-21)17-6-10-20(11-7-17)24-15-14-23(30)29(24)22(16-31-24)19-4-2-1-3-5-19/h1-13,22H,14-16H2/t22-,24+/m1/s1. The molecule has 3 aromatic carbocycles. The molecule has 4 nitrogen and oxygen atoms in total. The highest BCUT2D eigenvalue weighted by Gasteiger charge is 2.55. The number of rotatable bonds is 4. The van der Waals surface area contributed by atoms with Crippen LogP contribution in [0.5, 0.6) is 5.75 Å². The third kappa shape index (κ3) is 3.62. The van der Waals surface area contributed by atoms with Crippen LogP contribution < -0.4 is 4.74 Å². The number of amides is 1. The zero-order valence-corrected chi connectivity index (χ0v) is 17.0. The number of alkyl halides is 3. The van der Waals surface area contributed by atoms with Gasteiger partial charge in [-0.15, -0.1) is 13.2 Å². The van der Waals surface area contributed by atoms with Gasteiger partial charge in [0.05, 0.1) is 12.6 Å². The Balaban J connectivity index is 1.41. The maximum absolute atomic E-state index is 12.8. The van der Waals surface area contributed by atoms with Crippen LogP contribution in [0.25, 0.3) is 11.1 Å². The van der Waals surface area contributed by atoms with Gasteiger partial charge in [0.1, 0.15) is 5.75 Å². The highest BCUT2D eigenvalue weighted by Crippen LogP contribution is 2.51. The molecule has 0 aromatic heterocycles. The molecule has 2 aliphatic rings. The number of hydrogen-bond donors (Lipinski definition) is 0. The SMILES string of the molecule is O=C1CC[C@@]2(c3ccc(-c4ccc(OC(F)(F)F)cc4)cc3)OC[C@H](c3ccccc3)N12. The molecule has 3 aromatic rings. The zero-order valence-electron chi connectivity index (χ0n) is 17.0. The number of benzene rings is 3. The van der Waals surface area contributed by atoms with Crippen LogP contribution in [-0.4, -0.2) is 23.8 Å². The number of nitrogens with zero attached hydrogens (tertiary/aromatic N) is 1. The van der Waals surface area contributed by atoms with Crippen LogP contribution in [0, 0.1) is 0 Å². The van der Waals surface area contributed by atoms with Crippen LogP contribution in [0.1, 0.15) is 30.0 Å². The summed E-state index contributed by atoms with van der Waals surface area (Å²) in [6, 6.07) is 23.1. The van der Waals surface area contributed by atoms with Gasteiger partial charge in [0.25, 0.3) is 0 Å². The van der Waals surface area contributed by atoms with Crippen molar-refractivity contribution >= 4 is 5.91 Å². The van der Waals surface area contributed by atoms with Gasteiger partial charge in [-0.1, -0.05) is 66.7 Å². The molecule has 5 rings (SSSR count). The summed E-state index contributed by atoms with van der Waals surface area (Å²) >= 11 is 0. The lowest BCUT2D eigenvalue weighted by molar-refractivity contribution is -0.274. The van der Waals surface area contributed by atoms with Gasteiger partial charge < -0.3 is 14.4 Å². The van der Waals surface area contributed by atoms with E-state index in [-0.39, 0.29) is 17.7 Å². The first-order valence-electron chi connectivity index (χ1n) is 10.3. The Morgan fingerprint density at radius 3 is 2.16 bits per heavy atom. The Morgan fingerprint density at radius 2 is 1.53 bits per heavy atom. The maximum Gasteiger partial charge on any atom is 0.573 e. The maximum atomic E-state index is 12.8. The van der Waals surface area contributed by atoms with E-state index in [1.165, 1.54) is 12.1 Å². The molecule has 2 fully saturated rings. The first kappa shape index (κ1) is 20.6. The normalized spacial score (nSPS) is 22.8. The van der Waals surface area contributed by atoms with Crippen LogP contribution in [-0.2, 0) is 15.3 Å². The summed E-state index contributed by atoms with van der Waals surface area (Å²) in [6.45, 7) is 0.429. The summed E-state index contributed by atoms with van der Waals surface area (Å²) in [6.07, 6.45) is -3.71. The summed E-state index contributed by atoms with van der Waals surface area (Å²) < 4.78 is 47.3. The predicted octanol–water partition coefficient (Wildman–Crippen LogP) is 5.80. The van der Waals surface area contributed by atoms with E-state index in [1.807, 2.05) is 59.5 Å². The van der Waals surface area contributed by atoms with E-state index in [9.17, 15) is 18.0 Å². The van der Waals surface area contributed by atoms with E-state index in [2.05, 4.69) is 4.74 Å². The molecule has 164 valence electrons. The fraction of sp³-hybridized carbons (Fsp3) is 0.240. The minimum absolute atomic E-state index is 0.0701. The minimum atomic E-state index is -4.72. The van der Waals surface area contributed by atoms with Crippen molar-refractivity contribution in [3.05, 3.63) is 90.0 Å². The first-order chi connectivity index (χ1) is 15.4. The van der Waals surface area contributed by atoms with Gasteiger partial charge >= 0.3 is 6.36 Å². The molecule has 2 atom stereocenters. The van der Waals surface area contributed by atoms with Gasteiger partial charge in [-0.25, -0.2) is 0 Å². The number of carbonyl (C=O) groups is 1. The first-order valence-corrected chi connectivity index (χ1v) is 10.3. The summed E-state index contributed by atoms with van der Waals surface area (Å²) in [5.74, 6) is -0.191. The summed E-state index contributed by atoms with van der Waals surface area (Å²) in [5.41, 5.74) is 2.75. The van der Waals surface area contributed by atoms with E-state index >= 15 is 0 Å². The van der Waals surface area contributed by atoms with Crippen molar-refractivity contribution in [1.29, 1.82) is 0 Å². The van der Waals surface area contributed by atoms with Crippen molar-refractivity contribution in [2.75, 3.05) is 6.61 Å². The van der Waals surface area contributed by atoms with Gasteiger partial charge in [0, 0.05) is 18.4 Å². The molecular weight excluding hydrogens is 419 g/mol. The van der Waals surface area contributed by atoms with Gasteiger partial charge in [0.15, 0.2) is 5.72 Å². The average molecular weight is 439 g/mol. The molecule has 0 aliphatic carbocycles. The number of hydrogen-bond acceptors (Lipinski definition) is 3. The van der Waals surface area contributed by atoms with Crippen molar-refractivity contribution in [3.63, 3.8) is 0 Å². The minimum Gasteiger partial charge on any atom is -0.406 e. The van der Waals surface area contributed by atoms with Crippen molar-refractivity contribution in [2.45, 2.75) is 31.0 Å². The van der Waals surface area contributed by atoms with Crippen molar-refractivity contribution in [1.82, 2.24) is 4.90 Å². The number of ether oxygens (including phenoxy) is 2. The lowest BCUT2D eigenvalue weighted by Crippen LogP contribution is -2.40. The van der Waals surface area contributed by atoms with E-state index in [1.54, 1.807) is 12.1 Å². The molecule has 7 heteroatoms. The fourth-order valence-electron chi connectivity index (χ4n) is 4.64. The van der Waals surface area contributed by atoms with E-state index in [0.29, 0.717) is 19.4 Å². The van der Waals surface area contributed by atoms with Crippen molar-refractivity contribution in [3.8, 4) is 16.9 Å². The third-order valence-corrected chi connectivity index (χ3v) is 6.07. The molecule has 0 bridgehead atoms. The van der Waals surface area contributed by atoms with Crippen LogP contribution in [0.2, 0.25) is 0 Å². The van der Waals surface area contributed by atoms with E-state index in [4.69, 9.17) is 4.74 Å². The van der Waals surface area contributed by atoms with Crippen molar-refractivity contribution < 1.29 is 27.4 Å². The fourth-order valence-corrected chi connectivity index (χ4v) is 4.64. The molecule has 32 heavy (non-hydrogen) atoms. The Morgan fingerprint density at radius 1 is 0.906 bits per heavy atom. The van der Waals surface area contributed by atoms with E-state index < -0.39 is 12.1 Å². The van der Waals surface area contributed by atoms with Crippen LogP contribution in [0.3, 0.4) is 0 Å². The molecular formula is C25H20F3NO3. The average Bonchev–Trinajstić information content (AvgIpc) is 3.33. The quantitative estimate of drug-likeness (QED) is 0.516. The molecule has 0 saturated carbocycles. The van der Waals surface area contributed by atoms with Crippen LogP contribution in [0.15, 0.2) is 78.9 Å². The molecule has 0 N–H and O–H groups in total. The molecule has 1 amide bonds. The number of carbonyl (C=O) groups excluding carboxylic acids is 1. The van der Waals surface area contributed by atoms with Crippen LogP contribution >= 0.6 is 0 Å². The predicted molar refractivity (Wildman–Crippen MR) is 111 cm³/mol. The molecule has 2 saturated heterocycles. The summed E-state index contributed by atoms with van der Waals surface area (Å²) in [4.78, 5) is 14.7. The molecule has 2 aliphatic heterocycles. The van der Waals surface area contributed by atoms with Gasteiger partial charge in [0.2, 0.25) is 5.91 Å². The second kappa shape index (κ2) is 7.67. The zero-order chi connectivity index (χ0) is 22.3. The summed E-state index contributed by atoms with van der Waals surface area (Å²) in [7, 11) is 0. The third-order valence-electron chi connectivity index (χ3n) is 6.07. The van der Waals surface area contributed by atoms with Gasteiger partial charge in [-0.3, -0.25) is 4.79 Å². The lowest BCUT2D eigenvalue weighted by atomic mass is 9.96. The Kier molecular flexibility index (Phi) is 4.93. The van der Waals surface area contributed by atoms with Gasteiger partial charge in [-0.05, 0) is 28.8 Å². The molecule has 0 radical (unpaired) electrons.